The summed E-state index contributed by atoms with van der Waals surface area (Å²) < 4.78 is 17.3. The summed E-state index contributed by atoms with van der Waals surface area (Å²) in [6, 6.07) is 3.50. The minimum Gasteiger partial charge on any atom is -0.496 e. The van der Waals surface area contributed by atoms with E-state index < -0.39 is 5.97 Å². The van der Waals surface area contributed by atoms with Crippen LogP contribution in [-0.2, 0) is 13.6 Å². The van der Waals surface area contributed by atoms with Crippen molar-refractivity contribution in [1.29, 1.82) is 0 Å². The standard InChI is InChI=1S/C15H19N3O5/c1-18-8-10(14(17-18)15(19)20)16-7-9-5-12(22-3)13(23-4)6-11(9)21-2/h5-6,8,16H,7H2,1-4H3,(H,19,20). The van der Waals surface area contributed by atoms with Crippen LogP contribution in [0.1, 0.15) is 16.1 Å². The first-order valence-electron chi connectivity index (χ1n) is 6.79. The Labute approximate surface area is 133 Å². The number of methoxy groups -OCH3 is 3. The second-order valence-corrected chi connectivity index (χ2v) is 4.74. The first-order chi connectivity index (χ1) is 11.0. The minimum absolute atomic E-state index is 0.0352. The molecule has 0 fully saturated rings. The highest BCUT2D eigenvalue weighted by atomic mass is 16.5. The molecule has 0 aliphatic carbocycles. The summed E-state index contributed by atoms with van der Waals surface area (Å²) >= 11 is 0. The van der Waals surface area contributed by atoms with Gasteiger partial charge in [-0.2, -0.15) is 5.10 Å². The van der Waals surface area contributed by atoms with Crippen molar-refractivity contribution in [2.75, 3.05) is 26.6 Å². The summed E-state index contributed by atoms with van der Waals surface area (Å²) in [5, 5.41) is 16.1. The fourth-order valence-electron chi connectivity index (χ4n) is 2.20. The van der Waals surface area contributed by atoms with Gasteiger partial charge in [0.1, 0.15) is 5.75 Å². The van der Waals surface area contributed by atoms with Gasteiger partial charge in [0, 0.05) is 31.4 Å². The predicted octanol–water partition coefficient (Wildman–Crippen LogP) is 1.76. The van der Waals surface area contributed by atoms with Crippen molar-refractivity contribution in [2.24, 2.45) is 7.05 Å². The van der Waals surface area contributed by atoms with Gasteiger partial charge in [-0.15, -0.1) is 0 Å². The lowest BCUT2D eigenvalue weighted by Crippen LogP contribution is -2.07. The van der Waals surface area contributed by atoms with Crippen LogP contribution in [0.25, 0.3) is 0 Å². The number of ether oxygens (including phenoxy) is 3. The molecule has 0 aliphatic heterocycles. The van der Waals surface area contributed by atoms with E-state index in [2.05, 4.69) is 10.4 Å². The second kappa shape index (κ2) is 6.91. The van der Waals surface area contributed by atoms with Crippen LogP contribution in [0, 0.1) is 0 Å². The number of aromatic carboxylic acids is 1. The van der Waals surface area contributed by atoms with E-state index in [0.29, 0.717) is 29.5 Å². The highest BCUT2D eigenvalue weighted by molar-refractivity contribution is 5.91. The van der Waals surface area contributed by atoms with Gasteiger partial charge in [0.05, 0.1) is 27.0 Å². The molecule has 2 rings (SSSR count). The van der Waals surface area contributed by atoms with Crippen LogP contribution in [0.2, 0.25) is 0 Å². The van der Waals surface area contributed by atoms with E-state index in [-0.39, 0.29) is 5.69 Å². The average molecular weight is 321 g/mol. The van der Waals surface area contributed by atoms with Crippen molar-refractivity contribution >= 4 is 11.7 Å². The van der Waals surface area contributed by atoms with Gasteiger partial charge in [0.25, 0.3) is 0 Å². The van der Waals surface area contributed by atoms with Crippen molar-refractivity contribution in [3.63, 3.8) is 0 Å². The third-order valence-electron chi connectivity index (χ3n) is 3.29. The highest BCUT2D eigenvalue weighted by Crippen LogP contribution is 2.35. The summed E-state index contributed by atoms with van der Waals surface area (Å²) in [4.78, 5) is 11.2. The van der Waals surface area contributed by atoms with E-state index in [4.69, 9.17) is 19.3 Å². The zero-order valence-electron chi connectivity index (χ0n) is 13.4. The number of carboxylic acid groups (broad SMARTS) is 1. The number of hydrogen-bond acceptors (Lipinski definition) is 6. The van der Waals surface area contributed by atoms with Crippen LogP contribution >= 0.6 is 0 Å². The smallest absolute Gasteiger partial charge is 0.358 e. The van der Waals surface area contributed by atoms with Gasteiger partial charge in [-0.1, -0.05) is 0 Å². The van der Waals surface area contributed by atoms with Crippen LogP contribution in [-0.4, -0.2) is 42.2 Å². The van der Waals surface area contributed by atoms with E-state index in [1.54, 1.807) is 46.7 Å². The first kappa shape index (κ1) is 16.5. The molecule has 23 heavy (non-hydrogen) atoms. The third-order valence-corrected chi connectivity index (χ3v) is 3.29. The van der Waals surface area contributed by atoms with Crippen molar-refractivity contribution < 1.29 is 24.1 Å². The molecule has 0 saturated heterocycles. The predicted molar refractivity (Wildman–Crippen MR) is 83.6 cm³/mol. The van der Waals surface area contributed by atoms with Gasteiger partial charge in [-0.3, -0.25) is 4.68 Å². The lowest BCUT2D eigenvalue weighted by atomic mass is 10.1. The topological polar surface area (TPSA) is 94.8 Å². The fraction of sp³-hybridized carbons (Fsp3) is 0.333. The molecule has 2 N–H and O–H groups in total. The van der Waals surface area contributed by atoms with Crippen molar-refractivity contribution in [3.8, 4) is 17.2 Å². The summed E-state index contributed by atoms with van der Waals surface area (Å²) in [6.45, 7) is 0.343. The normalized spacial score (nSPS) is 10.3. The van der Waals surface area contributed by atoms with Crippen LogP contribution in [0.3, 0.4) is 0 Å². The molecule has 0 bridgehead atoms. The van der Waals surface area contributed by atoms with Gasteiger partial charge in [-0.25, -0.2) is 4.79 Å². The molecule has 0 spiro atoms. The Bertz CT molecular complexity index is 711. The average Bonchev–Trinajstić information content (AvgIpc) is 2.93. The Balaban J connectivity index is 2.28. The number of carbonyl (C=O) groups is 1. The maximum absolute atomic E-state index is 11.2. The number of aryl methyl sites for hydroxylation is 1. The maximum Gasteiger partial charge on any atom is 0.358 e. The zero-order valence-corrected chi connectivity index (χ0v) is 13.4. The fourth-order valence-corrected chi connectivity index (χ4v) is 2.20. The van der Waals surface area contributed by atoms with Gasteiger partial charge in [0.15, 0.2) is 17.2 Å². The number of nitrogens with zero attached hydrogens (tertiary/aromatic N) is 2. The number of rotatable bonds is 7. The molecule has 1 aromatic carbocycles. The molecule has 0 saturated carbocycles. The van der Waals surface area contributed by atoms with Gasteiger partial charge in [0.2, 0.25) is 0 Å². The summed E-state index contributed by atoms with van der Waals surface area (Å²) in [5.41, 5.74) is 1.19. The van der Waals surface area contributed by atoms with E-state index in [1.807, 2.05) is 0 Å². The van der Waals surface area contributed by atoms with Crippen molar-refractivity contribution in [1.82, 2.24) is 9.78 Å². The Morgan fingerprint density at radius 3 is 2.35 bits per heavy atom. The quantitative estimate of drug-likeness (QED) is 0.802. The van der Waals surface area contributed by atoms with Crippen molar-refractivity contribution in [2.45, 2.75) is 6.54 Å². The van der Waals surface area contributed by atoms with Crippen LogP contribution in [0.5, 0.6) is 17.2 Å². The zero-order chi connectivity index (χ0) is 17.0. The Morgan fingerprint density at radius 1 is 1.17 bits per heavy atom. The van der Waals surface area contributed by atoms with E-state index in [9.17, 15) is 4.79 Å². The number of anilines is 1. The Morgan fingerprint density at radius 2 is 1.78 bits per heavy atom. The largest absolute Gasteiger partial charge is 0.496 e. The molecule has 1 heterocycles. The van der Waals surface area contributed by atoms with Crippen LogP contribution < -0.4 is 19.5 Å². The molecule has 0 aliphatic rings. The Kier molecular flexibility index (Phi) is 4.95. The molecular weight excluding hydrogens is 302 g/mol. The van der Waals surface area contributed by atoms with Crippen molar-refractivity contribution in [3.05, 3.63) is 29.6 Å². The molecule has 8 nitrogen and oxygen atoms in total. The van der Waals surface area contributed by atoms with Crippen LogP contribution in [0.15, 0.2) is 18.3 Å². The molecule has 0 amide bonds. The third kappa shape index (κ3) is 3.47. The minimum atomic E-state index is -1.09. The number of benzene rings is 1. The highest BCUT2D eigenvalue weighted by Gasteiger charge is 2.16. The molecule has 1 aromatic heterocycles. The maximum atomic E-state index is 11.2. The lowest BCUT2D eigenvalue weighted by molar-refractivity contribution is 0.0690. The number of nitrogens with one attached hydrogen (secondary N) is 1. The molecule has 0 unspecified atom stereocenters. The van der Waals surface area contributed by atoms with Gasteiger partial charge in [-0.05, 0) is 6.07 Å². The number of hydrogen-bond donors (Lipinski definition) is 2. The van der Waals surface area contributed by atoms with Crippen LogP contribution in [0.4, 0.5) is 5.69 Å². The summed E-state index contributed by atoms with van der Waals surface area (Å²) in [5.74, 6) is 0.638. The van der Waals surface area contributed by atoms with E-state index >= 15 is 0 Å². The van der Waals surface area contributed by atoms with Gasteiger partial charge < -0.3 is 24.6 Å². The lowest BCUT2D eigenvalue weighted by Gasteiger charge is -2.14. The van der Waals surface area contributed by atoms with E-state index in [0.717, 1.165) is 5.56 Å². The SMILES string of the molecule is COc1cc(OC)c(OC)cc1CNc1cn(C)nc1C(=O)O. The molecule has 124 valence electrons. The van der Waals surface area contributed by atoms with Gasteiger partial charge >= 0.3 is 5.97 Å². The first-order valence-corrected chi connectivity index (χ1v) is 6.79. The molecule has 2 aromatic rings. The second-order valence-electron chi connectivity index (χ2n) is 4.74. The monoisotopic (exact) mass is 321 g/mol. The molecule has 0 atom stereocenters. The number of aromatic nitrogens is 2. The molecule has 8 heteroatoms. The molecular formula is C15H19N3O5. The summed E-state index contributed by atoms with van der Waals surface area (Å²) in [7, 11) is 6.31. The van der Waals surface area contributed by atoms with E-state index in [1.165, 1.54) is 4.68 Å². The molecule has 0 radical (unpaired) electrons. The Hall–Kier alpha value is -2.90. The summed E-state index contributed by atoms with van der Waals surface area (Å²) in [6.07, 6.45) is 1.61. The number of carboxylic acids is 1.